The fourth-order valence-electron chi connectivity index (χ4n) is 4.42. The number of allylic oxidation sites excluding steroid dienone is 4. The van der Waals surface area contributed by atoms with Crippen LogP contribution in [0.5, 0.6) is 0 Å². The predicted molar refractivity (Wildman–Crippen MR) is 133 cm³/mol. The maximum Gasteiger partial charge on any atom is 0.323 e. The number of alkyl halides is 2. The summed E-state index contributed by atoms with van der Waals surface area (Å²) in [7, 11) is 0. The summed E-state index contributed by atoms with van der Waals surface area (Å²) in [6, 6.07) is -0.907. The Morgan fingerprint density at radius 2 is 2.22 bits per heavy atom. The zero-order valence-corrected chi connectivity index (χ0v) is 21.1. The maximum atomic E-state index is 14.1. The molecular formula is C25H30ClF2N5O3. The van der Waals surface area contributed by atoms with Crippen molar-refractivity contribution in [2.75, 3.05) is 13.1 Å². The molecule has 0 aromatic carbocycles. The minimum atomic E-state index is -2.89. The molecule has 2 amide bonds. The summed E-state index contributed by atoms with van der Waals surface area (Å²) in [5.41, 5.74) is 1.11. The highest BCUT2D eigenvalue weighted by atomic mass is 35.5. The summed E-state index contributed by atoms with van der Waals surface area (Å²) in [6.07, 6.45) is 10.3. The summed E-state index contributed by atoms with van der Waals surface area (Å²) in [6.45, 7) is 5.61. The summed E-state index contributed by atoms with van der Waals surface area (Å²) in [5.74, 6) is -1.79. The van der Waals surface area contributed by atoms with Gasteiger partial charge in [0.15, 0.2) is 5.76 Å². The molecule has 0 spiro atoms. The average molecular weight is 522 g/mol. The van der Waals surface area contributed by atoms with Crippen LogP contribution in [0.1, 0.15) is 45.3 Å². The fraction of sp³-hybridized carbons (Fsp3) is 0.440. The van der Waals surface area contributed by atoms with Gasteiger partial charge in [0.05, 0.1) is 17.8 Å². The van der Waals surface area contributed by atoms with E-state index in [1.807, 2.05) is 13.0 Å². The molecule has 2 atom stereocenters. The minimum Gasteiger partial charge on any atom is -0.438 e. The number of aliphatic hydroxyl groups is 1. The van der Waals surface area contributed by atoms with E-state index in [2.05, 4.69) is 20.9 Å². The second kappa shape index (κ2) is 10.1. The highest BCUT2D eigenvalue weighted by molar-refractivity contribution is 6.32. The van der Waals surface area contributed by atoms with Crippen LogP contribution in [0.4, 0.5) is 13.6 Å². The normalized spacial score (nSPS) is 24.5. The van der Waals surface area contributed by atoms with Gasteiger partial charge in [0.25, 0.3) is 5.92 Å². The van der Waals surface area contributed by atoms with Gasteiger partial charge < -0.3 is 25.1 Å². The Morgan fingerprint density at radius 3 is 2.81 bits per heavy atom. The summed E-state index contributed by atoms with van der Waals surface area (Å²) >= 11 is 6.68. The van der Waals surface area contributed by atoms with Crippen molar-refractivity contribution >= 4 is 23.2 Å². The van der Waals surface area contributed by atoms with Crippen LogP contribution in [0.2, 0.25) is 0 Å². The van der Waals surface area contributed by atoms with E-state index in [1.54, 1.807) is 24.1 Å². The number of carbonyl (C=O) groups is 1. The molecule has 0 radical (unpaired) electrons. The van der Waals surface area contributed by atoms with Gasteiger partial charge in [0.1, 0.15) is 12.4 Å². The van der Waals surface area contributed by atoms with E-state index in [-0.39, 0.29) is 30.5 Å². The predicted octanol–water partition coefficient (Wildman–Crippen LogP) is 4.14. The van der Waals surface area contributed by atoms with Gasteiger partial charge in [-0.15, -0.1) is 0 Å². The molecule has 194 valence electrons. The van der Waals surface area contributed by atoms with Crippen LogP contribution in [0.25, 0.3) is 5.57 Å². The number of dihydropyridines is 2. The van der Waals surface area contributed by atoms with Crippen LogP contribution in [-0.2, 0) is 6.61 Å². The van der Waals surface area contributed by atoms with Gasteiger partial charge in [-0.1, -0.05) is 30.7 Å². The van der Waals surface area contributed by atoms with Crippen LogP contribution in [0.3, 0.4) is 0 Å². The van der Waals surface area contributed by atoms with E-state index in [0.29, 0.717) is 41.7 Å². The molecule has 8 nitrogen and oxygen atoms in total. The zero-order chi connectivity index (χ0) is 26.1. The van der Waals surface area contributed by atoms with Gasteiger partial charge >= 0.3 is 6.03 Å². The molecular weight excluding hydrogens is 492 g/mol. The molecule has 1 aromatic heterocycles. The third-order valence-electron chi connectivity index (χ3n) is 6.76. The fourth-order valence-corrected chi connectivity index (χ4v) is 4.71. The van der Waals surface area contributed by atoms with Crippen LogP contribution in [0.15, 0.2) is 63.1 Å². The monoisotopic (exact) mass is 521 g/mol. The lowest BCUT2D eigenvalue weighted by Crippen LogP contribution is -2.50. The first-order chi connectivity index (χ1) is 17.1. The van der Waals surface area contributed by atoms with Gasteiger partial charge in [-0.3, -0.25) is 5.32 Å². The molecule has 3 aliphatic heterocycles. The van der Waals surface area contributed by atoms with Crippen LogP contribution in [0, 0.1) is 0 Å². The molecule has 0 saturated heterocycles. The number of halogens is 3. The van der Waals surface area contributed by atoms with Crippen molar-refractivity contribution in [1.82, 2.24) is 25.8 Å². The molecule has 1 aromatic rings. The highest BCUT2D eigenvalue weighted by Crippen LogP contribution is 2.37. The molecule has 4 N–H and O–H groups in total. The van der Waals surface area contributed by atoms with E-state index in [1.165, 1.54) is 25.3 Å². The first-order valence-electron chi connectivity index (χ1n) is 11.8. The number of hydrogen-bond donors (Lipinski definition) is 4. The molecule has 0 fully saturated rings. The van der Waals surface area contributed by atoms with Crippen molar-refractivity contribution in [3.05, 3.63) is 70.4 Å². The van der Waals surface area contributed by atoms with Gasteiger partial charge in [0, 0.05) is 41.9 Å². The lowest BCUT2D eigenvalue weighted by molar-refractivity contribution is 0.0306. The number of amides is 2. The van der Waals surface area contributed by atoms with Crippen LogP contribution in [-0.4, -0.2) is 51.6 Å². The Labute approximate surface area is 213 Å². The number of urea groups is 1. The number of rotatable bonds is 6. The quantitative estimate of drug-likeness (QED) is 0.420. The lowest BCUT2D eigenvalue weighted by Gasteiger charge is -2.39. The third-order valence-corrected chi connectivity index (χ3v) is 7.25. The minimum absolute atomic E-state index is 0.000982. The SMILES string of the molecule is CCC(F)(F)C1=CC=C(NC(=O)N2CC=C(C3(C)NC=C(c4cnc(CO)o4)C=C3Cl)CC2)NC1C. The van der Waals surface area contributed by atoms with E-state index < -0.39 is 17.5 Å². The van der Waals surface area contributed by atoms with Gasteiger partial charge in [0.2, 0.25) is 5.89 Å². The third kappa shape index (κ3) is 5.05. The van der Waals surface area contributed by atoms with Crippen molar-refractivity contribution in [2.45, 2.75) is 57.7 Å². The first-order valence-corrected chi connectivity index (χ1v) is 12.2. The number of hydrogen-bond acceptors (Lipinski definition) is 6. The van der Waals surface area contributed by atoms with E-state index in [0.717, 1.165) is 5.57 Å². The summed E-state index contributed by atoms with van der Waals surface area (Å²) in [4.78, 5) is 18.4. The average Bonchev–Trinajstić information content (AvgIpc) is 3.35. The van der Waals surface area contributed by atoms with Crippen molar-refractivity contribution < 1.29 is 23.1 Å². The Balaban J connectivity index is 1.39. The topological polar surface area (TPSA) is 103 Å². The van der Waals surface area contributed by atoms with Crippen molar-refractivity contribution in [3.63, 3.8) is 0 Å². The standard InChI is InChI=1S/C25H30ClF2N5O3/c1-4-25(27,28)18-5-6-21(31-15(18)2)32-23(35)33-9-7-17(8-10-33)24(3)20(26)11-16(12-30-24)19-13-29-22(14-34)36-19/h5-7,11-13,15,30-31,34H,4,8-10,14H2,1-3H3,(H,32,35). The molecule has 4 heterocycles. The Kier molecular flexibility index (Phi) is 7.28. The lowest BCUT2D eigenvalue weighted by atomic mass is 9.84. The molecule has 11 heteroatoms. The van der Waals surface area contributed by atoms with E-state index in [9.17, 15) is 13.6 Å². The Bertz CT molecular complexity index is 1190. The number of nitrogens with zero attached hydrogens (tertiary/aromatic N) is 2. The second-order valence-electron chi connectivity index (χ2n) is 9.12. The molecule has 0 bridgehead atoms. The van der Waals surface area contributed by atoms with Crippen molar-refractivity contribution in [1.29, 1.82) is 0 Å². The van der Waals surface area contributed by atoms with E-state index >= 15 is 0 Å². The number of aliphatic hydroxyl groups excluding tert-OH is 1. The number of oxazole rings is 1. The smallest absolute Gasteiger partial charge is 0.323 e. The van der Waals surface area contributed by atoms with E-state index in [4.69, 9.17) is 21.1 Å². The number of carbonyl (C=O) groups excluding carboxylic acids is 1. The summed E-state index contributed by atoms with van der Waals surface area (Å²) < 4.78 is 33.6. The molecule has 3 aliphatic rings. The van der Waals surface area contributed by atoms with Gasteiger partial charge in [-0.25, -0.2) is 18.6 Å². The van der Waals surface area contributed by atoms with Crippen molar-refractivity contribution in [2.24, 2.45) is 0 Å². The maximum absolute atomic E-state index is 14.1. The second-order valence-corrected chi connectivity index (χ2v) is 9.53. The van der Waals surface area contributed by atoms with Crippen molar-refractivity contribution in [3.8, 4) is 0 Å². The zero-order valence-electron chi connectivity index (χ0n) is 20.4. The Hall–Kier alpha value is -3.11. The van der Waals surface area contributed by atoms with Crippen LogP contribution < -0.4 is 16.0 Å². The molecule has 2 unspecified atom stereocenters. The van der Waals surface area contributed by atoms with Gasteiger partial charge in [-0.2, -0.15) is 0 Å². The largest absolute Gasteiger partial charge is 0.438 e. The summed E-state index contributed by atoms with van der Waals surface area (Å²) in [5, 5.41) is 18.8. The molecule has 36 heavy (non-hydrogen) atoms. The molecule has 0 aliphatic carbocycles. The number of nitrogens with one attached hydrogen (secondary N) is 3. The Morgan fingerprint density at radius 1 is 1.44 bits per heavy atom. The number of aromatic nitrogens is 1. The first kappa shape index (κ1) is 26.0. The van der Waals surface area contributed by atoms with Gasteiger partial charge in [-0.05, 0) is 38.0 Å². The highest BCUT2D eigenvalue weighted by Gasteiger charge is 2.38. The van der Waals surface area contributed by atoms with Crippen LogP contribution >= 0.6 is 11.6 Å². The molecule has 0 saturated carbocycles. The molecule has 4 rings (SSSR count).